The molecule has 1 aromatic rings. The van der Waals surface area contributed by atoms with E-state index in [1.54, 1.807) is 6.92 Å². The molecule has 0 unspecified atom stereocenters. The van der Waals surface area contributed by atoms with Crippen LogP contribution in [-0.4, -0.2) is 35.0 Å². The molecule has 0 saturated carbocycles. The van der Waals surface area contributed by atoms with Gasteiger partial charge in [0.15, 0.2) is 0 Å². The van der Waals surface area contributed by atoms with Crippen LogP contribution in [0.25, 0.3) is 0 Å². The monoisotopic (exact) mass is 267 g/mol. The lowest BCUT2D eigenvalue weighted by molar-refractivity contribution is -0.384. The van der Waals surface area contributed by atoms with Crippen molar-refractivity contribution in [3.63, 3.8) is 0 Å². The van der Waals surface area contributed by atoms with Crippen molar-refractivity contribution in [2.24, 2.45) is 5.73 Å². The van der Waals surface area contributed by atoms with Gasteiger partial charge in [0.25, 0.3) is 5.69 Å². The van der Waals surface area contributed by atoms with E-state index in [-0.39, 0.29) is 30.0 Å². The van der Waals surface area contributed by atoms with E-state index in [1.165, 1.54) is 23.1 Å². The molecule has 0 aromatic heterocycles. The first-order valence-corrected chi connectivity index (χ1v) is 5.42. The van der Waals surface area contributed by atoms with Crippen LogP contribution in [0.15, 0.2) is 18.2 Å². The summed E-state index contributed by atoms with van der Waals surface area (Å²) < 4.78 is 0. The Morgan fingerprint density at radius 2 is 2.11 bits per heavy atom. The van der Waals surface area contributed by atoms with Crippen molar-refractivity contribution in [2.45, 2.75) is 6.92 Å². The molecule has 0 bridgehead atoms. The van der Waals surface area contributed by atoms with Crippen LogP contribution in [-0.2, 0) is 4.79 Å². The fraction of sp³-hybridized carbons (Fsp3) is 0.273. The van der Waals surface area contributed by atoms with Crippen molar-refractivity contribution < 1.29 is 19.6 Å². The highest BCUT2D eigenvalue weighted by Crippen LogP contribution is 2.31. The van der Waals surface area contributed by atoms with Crippen molar-refractivity contribution >= 4 is 23.3 Å². The zero-order chi connectivity index (χ0) is 14.6. The maximum absolute atomic E-state index is 11.1. The molecule has 0 spiro atoms. The number of nitro groups is 1. The predicted molar refractivity (Wildman–Crippen MR) is 67.1 cm³/mol. The van der Waals surface area contributed by atoms with Gasteiger partial charge in [-0.05, 0) is 13.0 Å². The number of aromatic carboxylic acids is 1. The number of nitro benzene ring substituents is 1. The maximum atomic E-state index is 11.1. The summed E-state index contributed by atoms with van der Waals surface area (Å²) in [5, 5.41) is 20.1. The first kappa shape index (κ1) is 14.4. The number of hydrogen-bond acceptors (Lipinski definition) is 5. The number of likely N-dealkylation sites (N-methyl/N-ethyl adjacent to an activating group) is 1. The summed E-state index contributed by atoms with van der Waals surface area (Å²) in [7, 11) is 0. The fourth-order valence-electron chi connectivity index (χ4n) is 1.72. The fourth-order valence-corrected chi connectivity index (χ4v) is 1.72. The molecule has 0 atom stereocenters. The average Bonchev–Trinajstić information content (AvgIpc) is 2.34. The Morgan fingerprint density at radius 3 is 2.53 bits per heavy atom. The van der Waals surface area contributed by atoms with E-state index in [4.69, 9.17) is 10.8 Å². The van der Waals surface area contributed by atoms with Crippen LogP contribution in [0.4, 0.5) is 11.4 Å². The zero-order valence-corrected chi connectivity index (χ0v) is 10.2. The molecule has 1 amide bonds. The lowest BCUT2D eigenvalue weighted by Gasteiger charge is -2.22. The van der Waals surface area contributed by atoms with Gasteiger partial charge in [0, 0.05) is 12.6 Å². The number of para-hydroxylation sites is 1. The van der Waals surface area contributed by atoms with Crippen LogP contribution in [0, 0.1) is 10.1 Å². The first-order chi connectivity index (χ1) is 8.88. The number of carboxylic acid groups (broad SMARTS) is 1. The summed E-state index contributed by atoms with van der Waals surface area (Å²) in [6.45, 7) is 1.57. The van der Waals surface area contributed by atoms with Gasteiger partial charge in [0.05, 0.1) is 17.0 Å². The second-order valence-electron chi connectivity index (χ2n) is 3.72. The number of benzene rings is 1. The SMILES string of the molecule is CCN(CC(N)=O)c1c(C(=O)O)cccc1[N+](=O)[O-]. The second-order valence-corrected chi connectivity index (χ2v) is 3.72. The maximum Gasteiger partial charge on any atom is 0.338 e. The Hall–Kier alpha value is -2.64. The zero-order valence-electron chi connectivity index (χ0n) is 10.2. The molecule has 0 heterocycles. The Bertz CT molecular complexity index is 497. The van der Waals surface area contributed by atoms with E-state index in [2.05, 4.69) is 0 Å². The Morgan fingerprint density at radius 1 is 1.47 bits per heavy atom. The van der Waals surface area contributed by atoms with Crippen molar-refractivity contribution in [1.82, 2.24) is 0 Å². The third kappa shape index (κ3) is 3.18. The lowest BCUT2D eigenvalue weighted by Crippen LogP contribution is -2.35. The lowest BCUT2D eigenvalue weighted by atomic mass is 10.1. The number of nitrogens with two attached hydrogens (primary N) is 1. The molecule has 102 valence electrons. The summed E-state index contributed by atoms with van der Waals surface area (Å²) >= 11 is 0. The Labute approximate surface area is 108 Å². The number of anilines is 1. The highest BCUT2D eigenvalue weighted by molar-refractivity contribution is 5.98. The van der Waals surface area contributed by atoms with Gasteiger partial charge in [-0.2, -0.15) is 0 Å². The topological polar surface area (TPSA) is 127 Å². The van der Waals surface area contributed by atoms with E-state index in [0.717, 1.165) is 0 Å². The number of carboxylic acids is 1. The minimum Gasteiger partial charge on any atom is -0.478 e. The van der Waals surface area contributed by atoms with Crippen LogP contribution >= 0.6 is 0 Å². The van der Waals surface area contributed by atoms with Gasteiger partial charge in [-0.15, -0.1) is 0 Å². The summed E-state index contributed by atoms with van der Waals surface area (Å²) in [6.07, 6.45) is 0. The minimum absolute atomic E-state index is 0.110. The summed E-state index contributed by atoms with van der Waals surface area (Å²) in [4.78, 5) is 33.7. The molecule has 1 rings (SSSR count). The standard InChI is InChI=1S/C11H13N3O5/c1-2-13(6-9(12)15)10-7(11(16)17)4-3-5-8(10)14(18)19/h3-5H,2,6H2,1H3,(H2,12,15)(H,16,17). The van der Waals surface area contributed by atoms with Crippen LogP contribution < -0.4 is 10.6 Å². The predicted octanol–water partition coefficient (Wildman–Crippen LogP) is 0.605. The van der Waals surface area contributed by atoms with E-state index < -0.39 is 16.8 Å². The molecular weight excluding hydrogens is 254 g/mol. The van der Waals surface area contributed by atoms with Crippen molar-refractivity contribution in [1.29, 1.82) is 0 Å². The van der Waals surface area contributed by atoms with Gasteiger partial charge in [-0.1, -0.05) is 6.07 Å². The molecule has 1 aromatic carbocycles. The molecule has 0 saturated heterocycles. The Balaban J connectivity index is 3.46. The normalized spacial score (nSPS) is 9.95. The van der Waals surface area contributed by atoms with Gasteiger partial charge < -0.3 is 15.7 Å². The molecule has 8 nitrogen and oxygen atoms in total. The number of amides is 1. The van der Waals surface area contributed by atoms with E-state index in [9.17, 15) is 19.7 Å². The molecule has 0 aliphatic heterocycles. The molecule has 3 N–H and O–H groups in total. The van der Waals surface area contributed by atoms with Crippen LogP contribution in [0.2, 0.25) is 0 Å². The summed E-state index contributed by atoms with van der Waals surface area (Å²) in [6, 6.07) is 3.71. The molecule has 8 heteroatoms. The third-order valence-electron chi connectivity index (χ3n) is 2.49. The van der Waals surface area contributed by atoms with E-state index in [1.807, 2.05) is 0 Å². The van der Waals surface area contributed by atoms with E-state index >= 15 is 0 Å². The minimum atomic E-state index is -1.30. The van der Waals surface area contributed by atoms with Gasteiger partial charge in [-0.3, -0.25) is 14.9 Å². The summed E-state index contributed by atoms with van der Waals surface area (Å²) in [5.41, 5.74) is 4.34. The van der Waals surface area contributed by atoms with Crippen molar-refractivity contribution in [3.05, 3.63) is 33.9 Å². The van der Waals surface area contributed by atoms with Crippen molar-refractivity contribution in [3.8, 4) is 0 Å². The number of nitrogens with zero attached hydrogens (tertiary/aromatic N) is 2. The summed E-state index contributed by atoms with van der Waals surface area (Å²) in [5.74, 6) is -2.00. The highest BCUT2D eigenvalue weighted by Gasteiger charge is 2.26. The molecular formula is C11H13N3O5. The average molecular weight is 267 g/mol. The molecule has 0 fully saturated rings. The third-order valence-corrected chi connectivity index (χ3v) is 2.49. The number of rotatable bonds is 6. The van der Waals surface area contributed by atoms with Gasteiger partial charge in [0.1, 0.15) is 5.69 Å². The largest absolute Gasteiger partial charge is 0.478 e. The van der Waals surface area contributed by atoms with Crippen LogP contribution in [0.3, 0.4) is 0 Å². The molecule has 0 radical (unpaired) electrons. The van der Waals surface area contributed by atoms with E-state index in [0.29, 0.717) is 0 Å². The number of hydrogen-bond donors (Lipinski definition) is 2. The molecule has 19 heavy (non-hydrogen) atoms. The smallest absolute Gasteiger partial charge is 0.338 e. The number of carbonyl (C=O) groups is 2. The van der Waals surface area contributed by atoms with Gasteiger partial charge in [0.2, 0.25) is 5.91 Å². The quantitative estimate of drug-likeness (QED) is 0.574. The molecule has 0 aliphatic carbocycles. The molecule has 0 aliphatic rings. The number of primary amides is 1. The highest BCUT2D eigenvalue weighted by atomic mass is 16.6. The van der Waals surface area contributed by atoms with Gasteiger partial charge >= 0.3 is 5.97 Å². The van der Waals surface area contributed by atoms with Crippen LogP contribution in [0.5, 0.6) is 0 Å². The van der Waals surface area contributed by atoms with Crippen molar-refractivity contribution in [2.75, 3.05) is 18.0 Å². The second kappa shape index (κ2) is 5.80. The number of carbonyl (C=O) groups excluding carboxylic acids is 1. The Kier molecular flexibility index (Phi) is 4.41. The van der Waals surface area contributed by atoms with Gasteiger partial charge in [-0.25, -0.2) is 4.79 Å². The van der Waals surface area contributed by atoms with Crippen LogP contribution in [0.1, 0.15) is 17.3 Å². The first-order valence-electron chi connectivity index (χ1n) is 5.42.